The highest BCUT2D eigenvalue weighted by atomic mass is 16.3. The van der Waals surface area contributed by atoms with E-state index in [2.05, 4.69) is 15.3 Å². The monoisotopic (exact) mass is 216 g/mol. The Morgan fingerprint density at radius 3 is 2.69 bits per heavy atom. The van der Waals surface area contributed by atoms with Gasteiger partial charge in [0.25, 0.3) is 0 Å². The number of hydrogen-bond donors (Lipinski definition) is 3. The van der Waals surface area contributed by atoms with Crippen molar-refractivity contribution in [2.75, 3.05) is 11.1 Å². The van der Waals surface area contributed by atoms with E-state index in [0.717, 1.165) is 5.56 Å². The zero-order valence-corrected chi connectivity index (χ0v) is 8.59. The molecular formula is C11H12N4O. The van der Waals surface area contributed by atoms with Crippen LogP contribution < -0.4 is 11.1 Å². The van der Waals surface area contributed by atoms with E-state index in [4.69, 9.17) is 5.73 Å². The van der Waals surface area contributed by atoms with Crippen molar-refractivity contribution in [1.29, 1.82) is 0 Å². The Hall–Kier alpha value is -2.30. The molecule has 0 fully saturated rings. The van der Waals surface area contributed by atoms with Gasteiger partial charge >= 0.3 is 0 Å². The van der Waals surface area contributed by atoms with Crippen molar-refractivity contribution in [3.8, 4) is 5.75 Å². The second-order valence-corrected chi connectivity index (χ2v) is 3.32. The highest BCUT2D eigenvalue weighted by Gasteiger charge is 1.99. The second-order valence-electron chi connectivity index (χ2n) is 3.32. The van der Waals surface area contributed by atoms with Gasteiger partial charge in [-0.15, -0.1) is 0 Å². The Kier molecular flexibility index (Phi) is 2.86. The number of aromatic nitrogens is 2. The normalized spacial score (nSPS) is 10.0. The summed E-state index contributed by atoms with van der Waals surface area (Å²) in [6.07, 6.45) is 3.32. The molecule has 0 aliphatic heterocycles. The molecule has 0 bridgehead atoms. The fraction of sp³-hybridized carbons (Fsp3) is 0.0909. The molecule has 16 heavy (non-hydrogen) atoms. The lowest BCUT2D eigenvalue weighted by molar-refractivity contribution is 0.477. The lowest BCUT2D eigenvalue weighted by Crippen LogP contribution is -2.02. The van der Waals surface area contributed by atoms with Gasteiger partial charge in [0.1, 0.15) is 5.75 Å². The number of phenolic OH excluding ortho intramolecular Hbond substituents is 1. The molecule has 0 aliphatic rings. The summed E-state index contributed by atoms with van der Waals surface area (Å²) in [5, 5.41) is 12.4. The Balaban J connectivity index is 2.03. The minimum Gasteiger partial charge on any atom is -0.506 e. The number of nitrogens with zero attached hydrogens (tertiary/aromatic N) is 2. The zero-order valence-electron chi connectivity index (χ0n) is 8.59. The molecule has 0 saturated carbocycles. The number of phenols is 1. The first kappa shape index (κ1) is 10.2. The molecule has 0 atom stereocenters. The maximum atomic E-state index is 9.41. The van der Waals surface area contributed by atoms with Crippen LogP contribution in [0.25, 0.3) is 0 Å². The van der Waals surface area contributed by atoms with Gasteiger partial charge in [0.15, 0.2) is 0 Å². The van der Waals surface area contributed by atoms with Crippen LogP contribution in [0.5, 0.6) is 5.75 Å². The molecule has 0 unspecified atom stereocenters. The van der Waals surface area contributed by atoms with E-state index in [-0.39, 0.29) is 5.75 Å². The molecule has 2 aromatic rings. The van der Waals surface area contributed by atoms with Crippen molar-refractivity contribution in [2.24, 2.45) is 0 Å². The Morgan fingerprint density at radius 2 is 2.00 bits per heavy atom. The van der Waals surface area contributed by atoms with Crippen molar-refractivity contribution in [1.82, 2.24) is 9.97 Å². The number of rotatable bonds is 3. The minimum atomic E-state index is 0.0910. The van der Waals surface area contributed by atoms with Crippen LogP contribution in [0, 0.1) is 0 Å². The number of hydrogen-bond acceptors (Lipinski definition) is 5. The largest absolute Gasteiger partial charge is 0.506 e. The van der Waals surface area contributed by atoms with Gasteiger partial charge < -0.3 is 16.2 Å². The molecule has 2 rings (SSSR count). The van der Waals surface area contributed by atoms with Crippen LogP contribution in [-0.4, -0.2) is 15.1 Å². The van der Waals surface area contributed by atoms with Gasteiger partial charge in [-0.3, -0.25) is 0 Å². The Morgan fingerprint density at radius 1 is 1.25 bits per heavy atom. The summed E-state index contributed by atoms with van der Waals surface area (Å²) in [4.78, 5) is 8.05. The van der Waals surface area contributed by atoms with Crippen LogP contribution in [0.2, 0.25) is 0 Å². The predicted molar refractivity (Wildman–Crippen MR) is 61.9 cm³/mol. The first-order valence-electron chi connectivity index (χ1n) is 4.84. The van der Waals surface area contributed by atoms with Crippen molar-refractivity contribution < 1.29 is 5.11 Å². The molecular weight excluding hydrogens is 204 g/mol. The number of anilines is 2. The summed E-state index contributed by atoms with van der Waals surface area (Å²) in [5.74, 6) is 0.645. The molecule has 0 spiro atoms. The fourth-order valence-electron chi connectivity index (χ4n) is 1.27. The average molecular weight is 216 g/mol. The van der Waals surface area contributed by atoms with Gasteiger partial charge in [0.05, 0.1) is 5.69 Å². The van der Waals surface area contributed by atoms with E-state index in [1.54, 1.807) is 30.6 Å². The zero-order chi connectivity index (χ0) is 11.4. The molecule has 0 amide bonds. The number of nitrogen functional groups attached to an aromatic ring is 1. The molecule has 5 nitrogen and oxygen atoms in total. The van der Waals surface area contributed by atoms with E-state index >= 15 is 0 Å². The predicted octanol–water partition coefficient (Wildman–Crippen LogP) is 1.38. The average Bonchev–Trinajstić information content (AvgIpc) is 2.32. The first-order chi connectivity index (χ1) is 7.75. The fourth-order valence-corrected chi connectivity index (χ4v) is 1.27. The highest BCUT2D eigenvalue weighted by molar-refractivity contribution is 5.53. The first-order valence-corrected chi connectivity index (χ1v) is 4.84. The molecule has 1 heterocycles. The van der Waals surface area contributed by atoms with Crippen molar-refractivity contribution >= 4 is 11.6 Å². The van der Waals surface area contributed by atoms with Crippen molar-refractivity contribution in [2.45, 2.75) is 6.54 Å². The van der Waals surface area contributed by atoms with E-state index in [9.17, 15) is 5.11 Å². The SMILES string of the molecule is Nc1ccc(CNc2ncccn2)cc1O. The highest BCUT2D eigenvalue weighted by Crippen LogP contribution is 2.20. The maximum Gasteiger partial charge on any atom is 0.222 e. The summed E-state index contributed by atoms with van der Waals surface area (Å²) in [6.45, 7) is 0.540. The molecule has 1 aromatic heterocycles. The summed E-state index contributed by atoms with van der Waals surface area (Å²) in [6, 6.07) is 6.87. The smallest absolute Gasteiger partial charge is 0.222 e. The van der Waals surface area contributed by atoms with Crippen molar-refractivity contribution in [3.63, 3.8) is 0 Å². The van der Waals surface area contributed by atoms with E-state index < -0.39 is 0 Å². The van der Waals surface area contributed by atoms with Gasteiger partial charge in [-0.1, -0.05) is 6.07 Å². The number of nitrogens with two attached hydrogens (primary N) is 1. The van der Waals surface area contributed by atoms with Gasteiger partial charge in [-0.05, 0) is 23.8 Å². The third-order valence-electron chi connectivity index (χ3n) is 2.11. The molecule has 0 saturated heterocycles. The summed E-state index contributed by atoms with van der Waals surface area (Å²) in [5.41, 5.74) is 6.79. The third kappa shape index (κ3) is 2.38. The minimum absolute atomic E-state index is 0.0910. The van der Waals surface area contributed by atoms with Crippen LogP contribution >= 0.6 is 0 Å². The topological polar surface area (TPSA) is 84.1 Å². The number of aromatic hydroxyl groups is 1. The maximum absolute atomic E-state index is 9.41. The molecule has 0 radical (unpaired) electrons. The van der Waals surface area contributed by atoms with Gasteiger partial charge in [0.2, 0.25) is 5.95 Å². The van der Waals surface area contributed by atoms with E-state index in [1.165, 1.54) is 0 Å². The van der Waals surface area contributed by atoms with Gasteiger partial charge in [-0.2, -0.15) is 0 Å². The van der Waals surface area contributed by atoms with Crippen LogP contribution in [0.3, 0.4) is 0 Å². The van der Waals surface area contributed by atoms with E-state index in [0.29, 0.717) is 18.2 Å². The molecule has 0 aliphatic carbocycles. The summed E-state index contributed by atoms with van der Waals surface area (Å²) < 4.78 is 0. The van der Waals surface area contributed by atoms with Crippen molar-refractivity contribution in [3.05, 3.63) is 42.2 Å². The summed E-state index contributed by atoms with van der Waals surface area (Å²) in [7, 11) is 0. The number of benzene rings is 1. The van der Waals surface area contributed by atoms with Crippen LogP contribution in [0.4, 0.5) is 11.6 Å². The van der Waals surface area contributed by atoms with E-state index in [1.807, 2.05) is 6.07 Å². The van der Waals surface area contributed by atoms with Crippen LogP contribution in [-0.2, 0) is 6.54 Å². The Bertz CT molecular complexity index is 473. The van der Waals surface area contributed by atoms with Gasteiger partial charge in [0, 0.05) is 18.9 Å². The lowest BCUT2D eigenvalue weighted by Gasteiger charge is -2.05. The second kappa shape index (κ2) is 4.48. The lowest BCUT2D eigenvalue weighted by atomic mass is 10.2. The standard InChI is InChI=1S/C11H12N4O/c12-9-3-2-8(6-10(9)16)7-15-11-13-4-1-5-14-11/h1-6,16H,7,12H2,(H,13,14,15). The van der Waals surface area contributed by atoms with Crippen LogP contribution in [0.1, 0.15) is 5.56 Å². The number of nitrogens with one attached hydrogen (secondary N) is 1. The molecule has 4 N–H and O–H groups in total. The summed E-state index contributed by atoms with van der Waals surface area (Å²) >= 11 is 0. The molecule has 5 heteroatoms. The quantitative estimate of drug-likeness (QED) is 0.533. The Labute approximate surface area is 93.0 Å². The third-order valence-corrected chi connectivity index (χ3v) is 2.11. The molecule has 82 valence electrons. The van der Waals surface area contributed by atoms with Gasteiger partial charge in [-0.25, -0.2) is 9.97 Å². The van der Waals surface area contributed by atoms with Crippen LogP contribution in [0.15, 0.2) is 36.7 Å². The molecule has 1 aromatic carbocycles.